The van der Waals surface area contributed by atoms with E-state index >= 15 is 0 Å². The summed E-state index contributed by atoms with van der Waals surface area (Å²) in [4.78, 5) is 16.5. The number of amides is 2. The molecule has 0 fully saturated rings. The first-order chi connectivity index (χ1) is 16.9. The molecule has 0 radical (unpaired) electrons. The van der Waals surface area contributed by atoms with E-state index in [4.69, 9.17) is 4.98 Å². The number of hydrogen-bond donors (Lipinski definition) is 1. The fraction of sp³-hybridized carbons (Fsp3) is 0.154. The van der Waals surface area contributed by atoms with Crippen molar-refractivity contribution in [3.63, 3.8) is 0 Å². The van der Waals surface area contributed by atoms with Crippen molar-refractivity contribution in [1.29, 1.82) is 0 Å². The molecule has 0 bridgehead atoms. The molecule has 0 unspecified atom stereocenters. The molecule has 4 rings (SSSR count). The molecule has 36 heavy (non-hydrogen) atoms. The van der Waals surface area contributed by atoms with Crippen LogP contribution in [-0.2, 0) is 22.9 Å². The summed E-state index contributed by atoms with van der Waals surface area (Å²) in [5.41, 5.74) is 3.91. The predicted octanol–water partition coefficient (Wildman–Crippen LogP) is 2.26. The van der Waals surface area contributed by atoms with Crippen LogP contribution in [0, 0.1) is 5.82 Å². The van der Waals surface area contributed by atoms with E-state index in [-0.39, 0.29) is 41.0 Å². The van der Waals surface area contributed by atoms with Gasteiger partial charge in [0.15, 0.2) is 6.03 Å². The fourth-order valence-electron chi connectivity index (χ4n) is 3.58. The number of nitrogens with zero attached hydrogens (tertiary/aromatic N) is 3. The maximum absolute atomic E-state index is 13.0. The van der Waals surface area contributed by atoms with Gasteiger partial charge in [0.05, 0.1) is 10.6 Å². The minimum absolute atomic E-state index is 0. The number of benzene rings is 3. The van der Waals surface area contributed by atoms with Gasteiger partial charge in [0, 0.05) is 23.9 Å². The number of imidazole rings is 1. The number of sulfonamides is 1. The summed E-state index contributed by atoms with van der Waals surface area (Å²) in [6, 6.07) is 21.0. The molecule has 10 heteroatoms. The van der Waals surface area contributed by atoms with E-state index in [1.165, 1.54) is 0 Å². The molecule has 3 aromatic carbocycles. The Balaban J connectivity index is 0.00000361. The zero-order valence-electron chi connectivity index (χ0n) is 20.1. The molecule has 1 N–H and O–H groups in total. The molecule has 0 aliphatic heterocycles. The van der Waals surface area contributed by atoms with Gasteiger partial charge in [0.2, 0.25) is 10.0 Å². The zero-order valence-corrected chi connectivity index (χ0v) is 22.9. The molecule has 0 atom stereocenters. The van der Waals surface area contributed by atoms with Crippen LogP contribution < -0.4 is 34.9 Å². The molecule has 0 aliphatic carbocycles. The van der Waals surface area contributed by atoms with E-state index in [9.17, 15) is 17.6 Å². The number of rotatable bonds is 8. The van der Waals surface area contributed by atoms with E-state index in [0.717, 1.165) is 59.0 Å². The maximum atomic E-state index is 13.0. The van der Waals surface area contributed by atoms with Crippen molar-refractivity contribution in [2.45, 2.75) is 24.7 Å². The topological polar surface area (TPSA) is 95.2 Å². The number of halogens is 1. The second-order valence-electron chi connectivity index (χ2n) is 7.80. The van der Waals surface area contributed by atoms with Gasteiger partial charge in [-0.15, -0.1) is 0 Å². The minimum Gasteiger partial charge on any atom is -0.448 e. The third-order valence-electron chi connectivity index (χ3n) is 5.38. The Labute approximate surface area is 232 Å². The molecular formula is C26H24FN4NaO3S. The van der Waals surface area contributed by atoms with Gasteiger partial charge in [0.25, 0.3) is 0 Å². The third kappa shape index (κ3) is 6.82. The molecular weight excluding hydrogens is 490 g/mol. The van der Waals surface area contributed by atoms with Crippen molar-refractivity contribution in [2.24, 2.45) is 0 Å². The number of hydrogen-bond acceptors (Lipinski definition) is 4. The average Bonchev–Trinajstić information content (AvgIpc) is 3.30. The molecule has 180 valence electrons. The molecule has 0 spiro atoms. The number of urea groups is 1. The number of nitrogens with one attached hydrogen (secondary N) is 1. The smallest absolute Gasteiger partial charge is 0.448 e. The summed E-state index contributed by atoms with van der Waals surface area (Å²) in [7, 11) is -4.19. The van der Waals surface area contributed by atoms with Gasteiger partial charge in [-0.3, -0.25) is 4.79 Å². The number of carbonyl (C=O) groups is 1. The molecule has 0 saturated carbocycles. The first-order valence-corrected chi connectivity index (χ1v) is 12.5. The summed E-state index contributed by atoms with van der Waals surface area (Å²) >= 11 is 0. The van der Waals surface area contributed by atoms with E-state index < -0.39 is 21.9 Å². The Morgan fingerprint density at radius 3 is 2.31 bits per heavy atom. The van der Waals surface area contributed by atoms with Crippen molar-refractivity contribution >= 4 is 16.1 Å². The predicted molar refractivity (Wildman–Crippen MR) is 132 cm³/mol. The second kappa shape index (κ2) is 12.3. The Hall–Kier alpha value is -2.98. The van der Waals surface area contributed by atoms with Crippen LogP contribution in [0.25, 0.3) is 21.7 Å². The summed E-state index contributed by atoms with van der Waals surface area (Å²) in [6.07, 6.45) is 3.30. The van der Waals surface area contributed by atoms with Crippen molar-refractivity contribution in [1.82, 2.24) is 14.9 Å². The van der Waals surface area contributed by atoms with Crippen LogP contribution >= 0.6 is 0 Å². The van der Waals surface area contributed by atoms with Gasteiger partial charge < -0.3 is 14.6 Å². The summed E-state index contributed by atoms with van der Waals surface area (Å²) in [6.45, 7) is 2.27. The van der Waals surface area contributed by atoms with Gasteiger partial charge in [-0.05, 0) is 54.9 Å². The zero-order chi connectivity index (χ0) is 24.8. The first-order valence-electron chi connectivity index (χ1n) is 11.1. The van der Waals surface area contributed by atoms with Crippen LogP contribution in [0.15, 0.2) is 90.0 Å². The summed E-state index contributed by atoms with van der Waals surface area (Å²) in [5.74, 6) is 0.378. The monoisotopic (exact) mass is 514 g/mol. The molecule has 1 aromatic heterocycles. The maximum Gasteiger partial charge on any atom is 1.00 e. The third-order valence-corrected chi connectivity index (χ3v) is 6.66. The van der Waals surface area contributed by atoms with Crippen LogP contribution in [0.3, 0.4) is 0 Å². The SMILES string of the molecule is CCc1nc(-c2ccccc2)cn1-c1ccc(CCNC(=O)[N-]S(=O)(=O)c2ccc(F)cc2)cc1.[Na+]. The number of aryl methyl sites for hydroxylation is 1. The fourth-order valence-corrected chi connectivity index (χ4v) is 4.45. The number of aromatic nitrogens is 2. The standard InChI is InChI=1S/C26H25FN4O3S.Na/c1-2-25-29-24(20-6-4-3-5-7-20)18-31(25)22-12-8-19(9-13-22)16-17-28-26(32)30-35(33,34)23-14-10-21(27)11-15-23;/h3-15,18H,2,16-17H2,1H3,(H2,28,30,32);/q;+1/p-1. The van der Waals surface area contributed by atoms with Crippen molar-refractivity contribution in [2.75, 3.05) is 6.54 Å². The Kier molecular flexibility index (Phi) is 9.44. The molecule has 4 aromatic rings. The van der Waals surface area contributed by atoms with Gasteiger partial charge >= 0.3 is 29.6 Å². The number of carbonyl (C=O) groups excluding carboxylic acids is 1. The van der Waals surface area contributed by atoms with E-state index in [1.807, 2.05) is 60.8 Å². The van der Waals surface area contributed by atoms with E-state index in [0.29, 0.717) is 6.42 Å². The van der Waals surface area contributed by atoms with E-state index in [1.54, 1.807) is 0 Å². The quantitative estimate of drug-likeness (QED) is 0.365. The largest absolute Gasteiger partial charge is 1.00 e. The molecule has 1 heterocycles. The molecule has 7 nitrogen and oxygen atoms in total. The Bertz CT molecular complexity index is 1410. The van der Waals surface area contributed by atoms with Crippen LogP contribution in [0.5, 0.6) is 0 Å². The molecule has 0 saturated heterocycles. The summed E-state index contributed by atoms with van der Waals surface area (Å²) in [5, 5.41) is 2.48. The van der Waals surface area contributed by atoms with Gasteiger partial charge in [-0.2, -0.15) is 0 Å². The van der Waals surface area contributed by atoms with Crippen LogP contribution in [0.1, 0.15) is 18.3 Å². The molecule has 0 aliphatic rings. The average molecular weight is 515 g/mol. The van der Waals surface area contributed by atoms with Crippen LogP contribution in [0.4, 0.5) is 9.18 Å². The van der Waals surface area contributed by atoms with Crippen molar-refractivity contribution in [3.8, 4) is 16.9 Å². The summed E-state index contributed by atoms with van der Waals surface area (Å²) < 4.78 is 42.6. The second-order valence-corrected chi connectivity index (χ2v) is 9.40. The normalized spacial score (nSPS) is 10.9. The first kappa shape index (κ1) is 27.6. The van der Waals surface area contributed by atoms with Crippen molar-refractivity contribution in [3.05, 3.63) is 107 Å². The van der Waals surface area contributed by atoms with Crippen LogP contribution in [0.2, 0.25) is 0 Å². The van der Waals surface area contributed by atoms with Crippen molar-refractivity contribution < 1.29 is 47.2 Å². The van der Waals surface area contributed by atoms with Gasteiger partial charge in [-0.25, -0.2) is 17.8 Å². The minimum atomic E-state index is -4.19. The van der Waals surface area contributed by atoms with Gasteiger partial charge in [0.1, 0.15) is 11.6 Å². The Morgan fingerprint density at radius 1 is 1.00 bits per heavy atom. The van der Waals surface area contributed by atoms with E-state index in [2.05, 4.69) is 21.5 Å². The van der Waals surface area contributed by atoms with Gasteiger partial charge in [-0.1, -0.05) is 49.4 Å². The molecule has 2 amide bonds. The van der Waals surface area contributed by atoms with Crippen LogP contribution in [-0.4, -0.2) is 30.5 Å². The Morgan fingerprint density at radius 2 is 1.67 bits per heavy atom.